The van der Waals surface area contributed by atoms with Gasteiger partial charge in [-0.25, -0.2) is 0 Å². The van der Waals surface area contributed by atoms with E-state index >= 15 is 0 Å². The van der Waals surface area contributed by atoms with Crippen molar-refractivity contribution < 1.29 is 14.8 Å². The molecule has 0 unspecified atom stereocenters. The van der Waals surface area contributed by atoms with E-state index in [0.29, 0.717) is 12.3 Å². The third-order valence-corrected chi connectivity index (χ3v) is 2.40. The number of allylic oxidation sites excluding steroid dienone is 2. The van der Waals surface area contributed by atoms with Crippen molar-refractivity contribution in [2.45, 2.75) is 0 Å². The van der Waals surface area contributed by atoms with Crippen molar-refractivity contribution in [3.8, 4) is 0 Å². The number of aliphatic hydroxyl groups excluding tert-OH is 2. The van der Waals surface area contributed by atoms with Crippen LogP contribution >= 0.6 is 7.80 Å². The summed E-state index contributed by atoms with van der Waals surface area (Å²) in [5.41, 5.74) is 0. The standard InChI is InChI=1S/C8H14O3P/c9-5-1-3-7-12(11)8-4-2-6-10/h1-4,9-10H,5-8H2/q+1. The quantitative estimate of drug-likeness (QED) is 0.482. The summed E-state index contributed by atoms with van der Waals surface area (Å²) in [5, 5.41) is 16.7. The summed E-state index contributed by atoms with van der Waals surface area (Å²) in [6.07, 6.45) is 7.53. The molecule has 0 aliphatic rings. The van der Waals surface area contributed by atoms with Crippen molar-refractivity contribution in [2.75, 3.05) is 25.5 Å². The lowest BCUT2D eigenvalue weighted by molar-refractivity contribution is 0.342. The molecule has 0 aliphatic heterocycles. The Kier molecular flexibility index (Phi) is 8.24. The van der Waals surface area contributed by atoms with E-state index < -0.39 is 7.80 Å². The van der Waals surface area contributed by atoms with E-state index in [-0.39, 0.29) is 13.2 Å². The Morgan fingerprint density at radius 2 is 1.33 bits per heavy atom. The number of rotatable bonds is 6. The Balaban J connectivity index is 3.46. The van der Waals surface area contributed by atoms with Gasteiger partial charge in [-0.3, -0.25) is 0 Å². The van der Waals surface area contributed by atoms with Gasteiger partial charge >= 0.3 is 7.80 Å². The van der Waals surface area contributed by atoms with E-state index in [0.717, 1.165) is 0 Å². The zero-order valence-electron chi connectivity index (χ0n) is 6.89. The first kappa shape index (κ1) is 11.5. The van der Waals surface area contributed by atoms with Crippen LogP contribution in [0.3, 0.4) is 0 Å². The van der Waals surface area contributed by atoms with Gasteiger partial charge in [0, 0.05) is 0 Å². The highest BCUT2D eigenvalue weighted by Gasteiger charge is 2.07. The van der Waals surface area contributed by atoms with Crippen molar-refractivity contribution in [1.29, 1.82) is 0 Å². The molecule has 0 rings (SSSR count). The summed E-state index contributed by atoms with van der Waals surface area (Å²) >= 11 is 0. The lowest BCUT2D eigenvalue weighted by Crippen LogP contribution is -1.79. The molecule has 0 heterocycles. The predicted molar refractivity (Wildman–Crippen MR) is 49.8 cm³/mol. The first-order valence-corrected chi connectivity index (χ1v) is 5.38. The first-order valence-electron chi connectivity index (χ1n) is 3.75. The van der Waals surface area contributed by atoms with Crippen molar-refractivity contribution in [3.63, 3.8) is 0 Å². The molecule has 0 aromatic rings. The Morgan fingerprint density at radius 1 is 0.917 bits per heavy atom. The molecule has 0 spiro atoms. The second-order valence-corrected chi connectivity index (χ2v) is 3.85. The number of aliphatic hydroxyl groups is 2. The van der Waals surface area contributed by atoms with E-state index in [4.69, 9.17) is 10.2 Å². The van der Waals surface area contributed by atoms with E-state index in [1.807, 2.05) is 0 Å². The van der Waals surface area contributed by atoms with Crippen LogP contribution in [-0.4, -0.2) is 35.8 Å². The van der Waals surface area contributed by atoms with Gasteiger partial charge in [0.2, 0.25) is 0 Å². The van der Waals surface area contributed by atoms with Crippen LogP contribution in [0, 0.1) is 0 Å². The SMILES string of the molecule is O=[P+](CC=CCO)CC=CCO. The summed E-state index contributed by atoms with van der Waals surface area (Å²) in [6.45, 7) is -0.00863. The third-order valence-electron chi connectivity index (χ3n) is 1.16. The Morgan fingerprint density at radius 3 is 1.67 bits per heavy atom. The van der Waals surface area contributed by atoms with Crippen LogP contribution in [0.25, 0.3) is 0 Å². The summed E-state index contributed by atoms with van der Waals surface area (Å²) < 4.78 is 11.1. The number of hydrogen-bond acceptors (Lipinski definition) is 3. The van der Waals surface area contributed by atoms with Gasteiger partial charge in [0.1, 0.15) is 0 Å². The normalized spacial score (nSPS) is 13.0. The molecule has 0 saturated carbocycles. The van der Waals surface area contributed by atoms with Crippen LogP contribution in [0.5, 0.6) is 0 Å². The molecule has 12 heavy (non-hydrogen) atoms. The third kappa shape index (κ3) is 7.61. The largest absolute Gasteiger partial charge is 0.392 e. The monoisotopic (exact) mass is 189 g/mol. The smallest absolute Gasteiger partial charge is 0.346 e. The Bertz CT molecular complexity index is 157. The molecule has 0 saturated heterocycles. The fourth-order valence-corrected chi connectivity index (χ4v) is 1.53. The highest BCUT2D eigenvalue weighted by molar-refractivity contribution is 7.45. The molecule has 0 atom stereocenters. The van der Waals surface area contributed by atoms with E-state index in [9.17, 15) is 4.57 Å². The molecular weight excluding hydrogens is 175 g/mol. The topological polar surface area (TPSA) is 57.5 Å². The molecule has 0 radical (unpaired) electrons. The molecule has 0 aromatic carbocycles. The van der Waals surface area contributed by atoms with Gasteiger partial charge in [-0.05, 0) is 12.2 Å². The van der Waals surface area contributed by atoms with E-state index in [2.05, 4.69) is 0 Å². The van der Waals surface area contributed by atoms with Crippen molar-refractivity contribution in [3.05, 3.63) is 24.3 Å². The highest BCUT2D eigenvalue weighted by atomic mass is 31.1. The molecule has 0 fully saturated rings. The van der Waals surface area contributed by atoms with Crippen molar-refractivity contribution in [2.24, 2.45) is 0 Å². The van der Waals surface area contributed by atoms with Crippen LogP contribution in [0.4, 0.5) is 0 Å². The molecular formula is C8H14O3P+. The molecule has 0 aromatic heterocycles. The lowest BCUT2D eigenvalue weighted by atomic mass is 10.5. The molecule has 4 heteroatoms. The molecule has 68 valence electrons. The highest BCUT2D eigenvalue weighted by Crippen LogP contribution is 2.19. The maximum atomic E-state index is 11.1. The van der Waals surface area contributed by atoms with Gasteiger partial charge < -0.3 is 10.2 Å². The van der Waals surface area contributed by atoms with Crippen LogP contribution in [0.15, 0.2) is 24.3 Å². The average Bonchev–Trinajstić information content (AvgIpc) is 2.06. The predicted octanol–water partition coefficient (Wildman–Crippen LogP) is 0.911. The van der Waals surface area contributed by atoms with Gasteiger partial charge in [0.15, 0.2) is 12.3 Å². The van der Waals surface area contributed by atoms with Crippen LogP contribution in [0.2, 0.25) is 0 Å². The van der Waals surface area contributed by atoms with E-state index in [1.165, 1.54) is 0 Å². The van der Waals surface area contributed by atoms with Gasteiger partial charge in [-0.15, -0.1) is 0 Å². The Hall–Kier alpha value is -0.500. The lowest BCUT2D eigenvalue weighted by Gasteiger charge is -1.79. The summed E-state index contributed by atoms with van der Waals surface area (Å²) in [7, 11) is -1.25. The molecule has 3 nitrogen and oxygen atoms in total. The van der Waals surface area contributed by atoms with E-state index in [1.54, 1.807) is 24.3 Å². The van der Waals surface area contributed by atoms with Crippen LogP contribution < -0.4 is 0 Å². The maximum absolute atomic E-state index is 11.1. The fourth-order valence-electron chi connectivity index (χ4n) is 0.608. The summed E-state index contributed by atoms with van der Waals surface area (Å²) in [5.74, 6) is 0. The van der Waals surface area contributed by atoms with Gasteiger partial charge in [0.05, 0.1) is 13.2 Å². The fraction of sp³-hybridized carbons (Fsp3) is 0.500. The zero-order chi connectivity index (χ0) is 9.23. The van der Waals surface area contributed by atoms with Gasteiger partial charge in [0.25, 0.3) is 0 Å². The average molecular weight is 189 g/mol. The van der Waals surface area contributed by atoms with Gasteiger partial charge in [-0.2, -0.15) is 0 Å². The minimum absolute atomic E-state index is 0.00431. The molecule has 2 N–H and O–H groups in total. The summed E-state index contributed by atoms with van der Waals surface area (Å²) in [6, 6.07) is 0. The minimum Gasteiger partial charge on any atom is -0.392 e. The Labute approximate surface area is 73.2 Å². The molecule has 0 aliphatic carbocycles. The van der Waals surface area contributed by atoms with Crippen molar-refractivity contribution in [1.82, 2.24) is 0 Å². The van der Waals surface area contributed by atoms with Crippen molar-refractivity contribution >= 4 is 7.80 Å². The summed E-state index contributed by atoms with van der Waals surface area (Å²) in [4.78, 5) is 0. The van der Waals surface area contributed by atoms with Gasteiger partial charge in [-0.1, -0.05) is 16.7 Å². The minimum atomic E-state index is -1.25. The molecule has 0 amide bonds. The first-order chi connectivity index (χ1) is 5.81. The second kappa shape index (κ2) is 8.60. The molecule has 0 bridgehead atoms. The zero-order valence-corrected chi connectivity index (χ0v) is 7.78. The van der Waals surface area contributed by atoms with Crippen LogP contribution in [-0.2, 0) is 4.57 Å². The van der Waals surface area contributed by atoms with Crippen LogP contribution in [0.1, 0.15) is 0 Å². The maximum Gasteiger partial charge on any atom is 0.346 e. The second-order valence-electron chi connectivity index (χ2n) is 2.15. The number of hydrogen-bond donors (Lipinski definition) is 2.